The number of ether oxygens (including phenoxy) is 1. The highest BCUT2D eigenvalue weighted by molar-refractivity contribution is 5.94. The summed E-state index contributed by atoms with van der Waals surface area (Å²) in [6, 6.07) is 1.09. The number of carboxylic acid groups (broad SMARTS) is 1. The Hall–Kier alpha value is -2.44. The highest BCUT2D eigenvalue weighted by Crippen LogP contribution is 2.42. The third-order valence-electron chi connectivity index (χ3n) is 5.31. The van der Waals surface area contributed by atoms with Crippen LogP contribution in [0, 0.1) is 11.8 Å². The molecule has 1 aliphatic carbocycles. The fraction of sp³-hybridized carbons (Fsp3) is 0.647. The van der Waals surface area contributed by atoms with Gasteiger partial charge in [0.25, 0.3) is 0 Å². The third kappa shape index (κ3) is 4.00. The average molecular weight is 417 g/mol. The van der Waals surface area contributed by atoms with E-state index >= 15 is 0 Å². The number of carboxylic acids is 1. The van der Waals surface area contributed by atoms with Crippen LogP contribution >= 0.6 is 0 Å². The van der Waals surface area contributed by atoms with Crippen molar-refractivity contribution in [3.05, 3.63) is 22.7 Å². The van der Waals surface area contributed by atoms with Crippen molar-refractivity contribution in [2.24, 2.45) is 11.8 Å². The van der Waals surface area contributed by atoms with Crippen molar-refractivity contribution in [1.82, 2.24) is 9.55 Å². The van der Waals surface area contributed by atoms with E-state index in [2.05, 4.69) is 10.3 Å². The highest BCUT2D eigenvalue weighted by Gasteiger charge is 2.59. The number of carbonyl (C=O) groups excluding carboxylic acids is 1. The van der Waals surface area contributed by atoms with E-state index < -0.39 is 60.4 Å². The van der Waals surface area contributed by atoms with Gasteiger partial charge >= 0.3 is 17.6 Å². The van der Waals surface area contributed by atoms with Crippen LogP contribution in [-0.4, -0.2) is 61.5 Å². The van der Waals surface area contributed by atoms with Crippen LogP contribution in [-0.2, 0) is 14.3 Å². The van der Waals surface area contributed by atoms with Gasteiger partial charge in [0, 0.05) is 6.20 Å². The molecule has 5 unspecified atom stereocenters. The molecule has 4 N–H and O–H groups in total. The van der Waals surface area contributed by atoms with E-state index in [-0.39, 0.29) is 5.82 Å². The summed E-state index contributed by atoms with van der Waals surface area (Å²) in [5.41, 5.74) is -1.17. The first-order valence-electron chi connectivity index (χ1n) is 9.12. The average Bonchev–Trinajstić information content (AvgIpc) is 2.91. The molecule has 12 heteroatoms. The lowest BCUT2D eigenvalue weighted by molar-refractivity contribution is -0.147. The zero-order chi connectivity index (χ0) is 21.3. The number of nitrogens with one attached hydrogen (secondary N) is 1. The number of alkyl halides is 2. The van der Waals surface area contributed by atoms with Crippen molar-refractivity contribution in [1.29, 1.82) is 0 Å². The number of aliphatic carboxylic acids is 1. The standard InChI is InChI=1S/C17H21F2N3O7/c18-17(19)12(24)10(7-23)29-15(17)22-6-5-11(21-16(22)28)20-13(25)8-3-1-2-4-9(8)14(26)27/h5-6,8-10,12,15,23-24H,1-4,7H2,(H,26,27)(H,20,21,25,28). The Balaban J connectivity index is 1.77. The lowest BCUT2D eigenvalue weighted by atomic mass is 9.79. The van der Waals surface area contributed by atoms with Gasteiger partial charge in [-0.25, -0.2) is 4.79 Å². The number of amides is 1. The molecule has 3 rings (SSSR count). The van der Waals surface area contributed by atoms with E-state index in [9.17, 15) is 33.4 Å². The van der Waals surface area contributed by atoms with Gasteiger partial charge in [-0.05, 0) is 18.9 Å². The van der Waals surface area contributed by atoms with Crippen LogP contribution < -0.4 is 11.0 Å². The summed E-state index contributed by atoms with van der Waals surface area (Å²) in [5, 5.41) is 30.2. The lowest BCUT2D eigenvalue weighted by Gasteiger charge is -2.27. The smallest absolute Gasteiger partial charge is 0.351 e. The number of halogens is 2. The Bertz CT molecular complexity index is 847. The Kier molecular flexibility index (Phi) is 5.96. The molecule has 2 aliphatic rings. The van der Waals surface area contributed by atoms with Gasteiger partial charge in [0.15, 0.2) is 6.10 Å². The van der Waals surface area contributed by atoms with E-state index in [1.807, 2.05) is 0 Å². The van der Waals surface area contributed by atoms with Gasteiger partial charge < -0.3 is 25.4 Å². The number of rotatable bonds is 5. The zero-order valence-electron chi connectivity index (χ0n) is 15.2. The number of nitrogens with zero attached hydrogens (tertiary/aromatic N) is 2. The van der Waals surface area contributed by atoms with Crippen LogP contribution in [0.5, 0.6) is 0 Å². The quantitative estimate of drug-likeness (QED) is 0.521. The molecule has 0 bridgehead atoms. The number of anilines is 1. The number of aromatic nitrogens is 2. The number of aliphatic hydroxyl groups excluding tert-OH is 2. The van der Waals surface area contributed by atoms with Gasteiger partial charge in [-0.15, -0.1) is 0 Å². The van der Waals surface area contributed by atoms with Gasteiger partial charge in [-0.2, -0.15) is 13.8 Å². The number of carbonyl (C=O) groups is 2. The molecule has 10 nitrogen and oxygen atoms in total. The summed E-state index contributed by atoms with van der Waals surface area (Å²) in [6.07, 6.45) is -2.98. The molecule has 2 heterocycles. The molecule has 1 aromatic heterocycles. The third-order valence-corrected chi connectivity index (χ3v) is 5.31. The minimum absolute atomic E-state index is 0.216. The normalized spacial score (nSPS) is 31.4. The first-order chi connectivity index (χ1) is 13.7. The fourth-order valence-electron chi connectivity index (χ4n) is 3.74. The van der Waals surface area contributed by atoms with Gasteiger partial charge in [-0.1, -0.05) is 12.8 Å². The molecule has 1 saturated heterocycles. The summed E-state index contributed by atoms with van der Waals surface area (Å²) in [6.45, 7) is -0.865. The number of aliphatic hydroxyl groups is 2. The van der Waals surface area contributed by atoms with E-state index in [1.54, 1.807) is 0 Å². The zero-order valence-corrected chi connectivity index (χ0v) is 15.2. The van der Waals surface area contributed by atoms with Crippen LogP contribution in [0.4, 0.5) is 14.6 Å². The molecule has 1 saturated carbocycles. The summed E-state index contributed by atoms with van der Waals surface area (Å²) < 4.78 is 33.7. The molecule has 160 valence electrons. The lowest BCUT2D eigenvalue weighted by Crippen LogP contribution is -2.42. The number of hydrogen-bond acceptors (Lipinski definition) is 7. The van der Waals surface area contributed by atoms with Gasteiger partial charge in [-0.3, -0.25) is 14.2 Å². The minimum Gasteiger partial charge on any atom is -0.481 e. The summed E-state index contributed by atoms with van der Waals surface area (Å²) >= 11 is 0. The predicted octanol–water partition coefficient (Wildman–Crippen LogP) is -0.0413. The molecular formula is C17H21F2N3O7. The van der Waals surface area contributed by atoms with Crippen molar-refractivity contribution in [2.45, 2.75) is 50.0 Å². The Morgan fingerprint density at radius 3 is 2.52 bits per heavy atom. The molecule has 0 spiro atoms. The van der Waals surface area contributed by atoms with Crippen molar-refractivity contribution >= 4 is 17.7 Å². The maximum absolute atomic E-state index is 14.2. The van der Waals surface area contributed by atoms with Gasteiger partial charge in [0.2, 0.25) is 12.1 Å². The second kappa shape index (κ2) is 8.13. The maximum atomic E-state index is 14.2. The molecule has 0 aromatic carbocycles. The van der Waals surface area contributed by atoms with Crippen molar-refractivity contribution in [3.8, 4) is 0 Å². The van der Waals surface area contributed by atoms with Crippen molar-refractivity contribution < 1.29 is 38.4 Å². The van der Waals surface area contributed by atoms with E-state index in [0.717, 1.165) is 12.3 Å². The van der Waals surface area contributed by atoms with Crippen molar-refractivity contribution in [3.63, 3.8) is 0 Å². The first-order valence-corrected chi connectivity index (χ1v) is 9.12. The van der Waals surface area contributed by atoms with E-state index in [0.29, 0.717) is 30.3 Å². The van der Waals surface area contributed by atoms with Crippen molar-refractivity contribution in [2.75, 3.05) is 11.9 Å². The second-order valence-electron chi connectivity index (χ2n) is 7.16. The van der Waals surface area contributed by atoms with Crippen LogP contribution in [0.15, 0.2) is 17.1 Å². The Morgan fingerprint density at radius 2 is 1.97 bits per heavy atom. The first kappa shape index (κ1) is 21.3. The van der Waals surface area contributed by atoms with E-state index in [1.165, 1.54) is 0 Å². The van der Waals surface area contributed by atoms with Crippen LogP contribution in [0.2, 0.25) is 0 Å². The van der Waals surface area contributed by atoms with Crippen LogP contribution in [0.3, 0.4) is 0 Å². The Morgan fingerprint density at radius 1 is 1.31 bits per heavy atom. The van der Waals surface area contributed by atoms with Crippen LogP contribution in [0.1, 0.15) is 31.9 Å². The number of hydrogen-bond donors (Lipinski definition) is 4. The van der Waals surface area contributed by atoms with E-state index in [4.69, 9.17) is 9.84 Å². The summed E-state index contributed by atoms with van der Waals surface area (Å²) in [4.78, 5) is 39.5. The fourth-order valence-corrected chi connectivity index (χ4v) is 3.74. The predicted molar refractivity (Wildman–Crippen MR) is 92.2 cm³/mol. The molecule has 1 amide bonds. The molecule has 1 aliphatic heterocycles. The molecular weight excluding hydrogens is 396 g/mol. The molecule has 2 fully saturated rings. The second-order valence-corrected chi connectivity index (χ2v) is 7.16. The SMILES string of the molecule is O=C(O)C1CCCCC1C(=O)Nc1ccn(C2OC(CO)C(O)C2(F)F)c(=O)n1. The summed E-state index contributed by atoms with van der Waals surface area (Å²) in [5.74, 6) is -7.38. The monoisotopic (exact) mass is 417 g/mol. The summed E-state index contributed by atoms with van der Waals surface area (Å²) in [7, 11) is 0. The highest BCUT2D eigenvalue weighted by atomic mass is 19.3. The minimum atomic E-state index is -3.85. The largest absolute Gasteiger partial charge is 0.481 e. The topological polar surface area (TPSA) is 151 Å². The van der Waals surface area contributed by atoms with Gasteiger partial charge in [0.05, 0.1) is 18.4 Å². The molecule has 0 radical (unpaired) electrons. The molecule has 5 atom stereocenters. The Labute approximate surface area is 163 Å². The molecule has 1 aromatic rings. The van der Waals surface area contributed by atoms with Crippen LogP contribution in [0.25, 0.3) is 0 Å². The van der Waals surface area contributed by atoms with Gasteiger partial charge in [0.1, 0.15) is 11.9 Å². The maximum Gasteiger partial charge on any atom is 0.351 e. The molecule has 29 heavy (non-hydrogen) atoms.